The quantitative estimate of drug-likeness (QED) is 0.649. The van der Waals surface area contributed by atoms with Crippen LogP contribution in [0.25, 0.3) is 4.96 Å². The summed E-state index contributed by atoms with van der Waals surface area (Å²) in [4.78, 5) is 8.73. The van der Waals surface area contributed by atoms with Gasteiger partial charge in [0.05, 0.1) is 10.9 Å². The molecule has 0 radical (unpaired) electrons. The van der Waals surface area contributed by atoms with E-state index in [-0.39, 0.29) is 11.9 Å². The standard InChI is InChI=1S/C19H23BrN4OS/c1-3-15-21-19-24(22-15)18(25)17(26-19)16(13-6-8-14(20)9-7-13)23-10-4-5-12(2)11-23/h6-9,12,16,25H,3-5,10-11H2,1-2H3/t12-,16+/m1/s1. The van der Waals surface area contributed by atoms with Gasteiger partial charge in [-0.05, 0) is 43.0 Å². The molecule has 1 aromatic carbocycles. The number of hydrogen-bond donors (Lipinski definition) is 1. The second-order valence-electron chi connectivity index (χ2n) is 7.06. The Bertz CT molecular complexity index is 904. The third-order valence-electron chi connectivity index (χ3n) is 5.05. The molecular formula is C19H23BrN4OS. The van der Waals surface area contributed by atoms with Gasteiger partial charge in [0, 0.05) is 17.4 Å². The molecule has 1 fully saturated rings. The molecule has 3 heterocycles. The predicted molar refractivity (Wildman–Crippen MR) is 108 cm³/mol. The van der Waals surface area contributed by atoms with Gasteiger partial charge in [-0.25, -0.2) is 4.98 Å². The highest BCUT2D eigenvalue weighted by atomic mass is 79.9. The Morgan fingerprint density at radius 1 is 1.35 bits per heavy atom. The first kappa shape index (κ1) is 17.9. The average Bonchev–Trinajstić information content (AvgIpc) is 3.17. The van der Waals surface area contributed by atoms with E-state index >= 15 is 0 Å². The van der Waals surface area contributed by atoms with Gasteiger partial charge in [0.1, 0.15) is 0 Å². The maximum atomic E-state index is 10.9. The summed E-state index contributed by atoms with van der Waals surface area (Å²) in [6.45, 7) is 6.41. The first-order chi connectivity index (χ1) is 12.6. The average molecular weight is 435 g/mol. The van der Waals surface area contributed by atoms with Crippen LogP contribution < -0.4 is 0 Å². The summed E-state index contributed by atoms with van der Waals surface area (Å²) in [6, 6.07) is 8.45. The monoisotopic (exact) mass is 434 g/mol. The van der Waals surface area contributed by atoms with Gasteiger partial charge in [-0.15, -0.1) is 5.10 Å². The highest BCUT2D eigenvalue weighted by Gasteiger charge is 2.31. The lowest BCUT2D eigenvalue weighted by Crippen LogP contribution is -2.37. The van der Waals surface area contributed by atoms with Crippen molar-refractivity contribution in [3.63, 3.8) is 0 Å². The number of piperidine rings is 1. The fraction of sp³-hybridized carbons (Fsp3) is 0.474. The van der Waals surface area contributed by atoms with Crippen molar-refractivity contribution < 1.29 is 5.11 Å². The molecule has 1 saturated heterocycles. The Morgan fingerprint density at radius 2 is 2.12 bits per heavy atom. The molecule has 2 atom stereocenters. The SMILES string of the molecule is CCc1nc2sc([C@H](c3ccc(Br)cc3)N3CCC[C@@H](C)C3)c(O)n2n1. The second-order valence-corrected chi connectivity index (χ2v) is 8.99. The molecule has 26 heavy (non-hydrogen) atoms. The Hall–Kier alpha value is -1.44. The summed E-state index contributed by atoms with van der Waals surface area (Å²) in [6.07, 6.45) is 3.23. The lowest BCUT2D eigenvalue weighted by molar-refractivity contribution is 0.149. The van der Waals surface area contributed by atoms with Crippen molar-refractivity contribution in [3.05, 3.63) is 45.0 Å². The highest BCUT2D eigenvalue weighted by Crippen LogP contribution is 2.41. The number of rotatable bonds is 4. The molecule has 0 amide bonds. The van der Waals surface area contributed by atoms with Gasteiger partial charge < -0.3 is 5.11 Å². The van der Waals surface area contributed by atoms with Crippen LogP contribution in [0.2, 0.25) is 0 Å². The molecule has 0 bridgehead atoms. The number of aromatic nitrogens is 3. The molecule has 0 aliphatic carbocycles. The van der Waals surface area contributed by atoms with Crippen LogP contribution >= 0.6 is 27.3 Å². The molecule has 0 saturated carbocycles. The minimum atomic E-state index is 0.0319. The number of benzene rings is 1. The lowest BCUT2D eigenvalue weighted by atomic mass is 9.95. The Kier molecular flexibility index (Phi) is 5.03. The number of likely N-dealkylation sites (tertiary alicyclic amines) is 1. The van der Waals surface area contributed by atoms with Gasteiger partial charge in [-0.1, -0.05) is 53.2 Å². The molecule has 7 heteroatoms. The number of thiazole rings is 1. The Balaban J connectivity index is 1.80. The van der Waals surface area contributed by atoms with Gasteiger partial charge in [-0.2, -0.15) is 4.52 Å². The van der Waals surface area contributed by atoms with E-state index in [9.17, 15) is 5.11 Å². The van der Waals surface area contributed by atoms with Crippen LogP contribution in [0.3, 0.4) is 0 Å². The first-order valence-corrected chi connectivity index (χ1v) is 10.7. The highest BCUT2D eigenvalue weighted by molar-refractivity contribution is 9.10. The van der Waals surface area contributed by atoms with Crippen LogP contribution in [0.5, 0.6) is 5.88 Å². The number of aryl methyl sites for hydroxylation is 1. The number of halogens is 1. The molecule has 0 spiro atoms. The first-order valence-electron chi connectivity index (χ1n) is 9.13. The zero-order valence-corrected chi connectivity index (χ0v) is 17.4. The molecule has 4 rings (SSSR count). The second kappa shape index (κ2) is 7.29. The van der Waals surface area contributed by atoms with Crippen molar-refractivity contribution >= 4 is 32.2 Å². The van der Waals surface area contributed by atoms with Crippen LogP contribution in [0.4, 0.5) is 0 Å². The molecule has 0 unspecified atom stereocenters. The smallest absolute Gasteiger partial charge is 0.230 e. The number of nitrogens with zero attached hydrogens (tertiary/aromatic N) is 4. The third-order valence-corrected chi connectivity index (χ3v) is 6.65. The third kappa shape index (κ3) is 3.28. The molecule has 138 valence electrons. The van der Waals surface area contributed by atoms with E-state index in [1.165, 1.54) is 18.4 Å². The van der Waals surface area contributed by atoms with Crippen molar-refractivity contribution in [1.29, 1.82) is 0 Å². The van der Waals surface area contributed by atoms with Crippen LogP contribution in [0, 0.1) is 5.92 Å². The van der Waals surface area contributed by atoms with E-state index in [0.717, 1.165) is 39.6 Å². The van der Waals surface area contributed by atoms with Crippen LogP contribution in [0.1, 0.15) is 49.0 Å². The minimum absolute atomic E-state index is 0.0319. The summed E-state index contributed by atoms with van der Waals surface area (Å²) < 4.78 is 2.66. The van der Waals surface area contributed by atoms with Crippen LogP contribution in [-0.2, 0) is 6.42 Å². The fourth-order valence-electron chi connectivity index (χ4n) is 3.75. The lowest BCUT2D eigenvalue weighted by Gasteiger charge is -2.37. The molecular weight excluding hydrogens is 412 g/mol. The number of fused-ring (bicyclic) bond motifs is 1. The Morgan fingerprint density at radius 3 is 2.77 bits per heavy atom. The molecule has 1 aliphatic heterocycles. The van der Waals surface area contributed by atoms with E-state index < -0.39 is 0 Å². The summed E-state index contributed by atoms with van der Waals surface area (Å²) >= 11 is 5.07. The topological polar surface area (TPSA) is 53.7 Å². The van der Waals surface area contributed by atoms with Crippen molar-refractivity contribution in [2.24, 2.45) is 5.92 Å². The normalized spacial score (nSPS) is 19.9. The van der Waals surface area contributed by atoms with Crippen LogP contribution in [-0.4, -0.2) is 37.7 Å². The fourth-order valence-corrected chi connectivity index (χ4v) is 5.15. The molecule has 5 nitrogen and oxygen atoms in total. The van der Waals surface area contributed by atoms with E-state index in [1.807, 2.05) is 6.92 Å². The van der Waals surface area contributed by atoms with Crippen molar-refractivity contribution in [2.75, 3.05) is 13.1 Å². The van der Waals surface area contributed by atoms with Crippen molar-refractivity contribution in [1.82, 2.24) is 19.5 Å². The zero-order chi connectivity index (χ0) is 18.3. The van der Waals surface area contributed by atoms with E-state index in [2.05, 4.69) is 62.1 Å². The number of aromatic hydroxyl groups is 1. The molecule has 3 aromatic rings. The minimum Gasteiger partial charge on any atom is -0.492 e. The summed E-state index contributed by atoms with van der Waals surface area (Å²) in [5.41, 5.74) is 1.19. The van der Waals surface area contributed by atoms with Gasteiger partial charge in [0.25, 0.3) is 0 Å². The summed E-state index contributed by atoms with van der Waals surface area (Å²) in [5.74, 6) is 1.66. The van der Waals surface area contributed by atoms with Crippen molar-refractivity contribution in [2.45, 2.75) is 39.2 Å². The van der Waals surface area contributed by atoms with E-state index in [0.29, 0.717) is 5.92 Å². The molecule has 1 aliphatic rings. The molecule has 2 aromatic heterocycles. The Labute approximate surface area is 165 Å². The van der Waals surface area contributed by atoms with Crippen LogP contribution in [0.15, 0.2) is 28.7 Å². The van der Waals surface area contributed by atoms with Gasteiger partial charge in [0.15, 0.2) is 5.82 Å². The summed E-state index contributed by atoms with van der Waals surface area (Å²) in [5, 5.41) is 15.4. The van der Waals surface area contributed by atoms with Gasteiger partial charge in [0.2, 0.25) is 10.8 Å². The zero-order valence-electron chi connectivity index (χ0n) is 15.0. The van der Waals surface area contributed by atoms with Gasteiger partial charge >= 0.3 is 0 Å². The largest absolute Gasteiger partial charge is 0.492 e. The maximum absolute atomic E-state index is 10.9. The van der Waals surface area contributed by atoms with E-state index in [4.69, 9.17) is 0 Å². The van der Waals surface area contributed by atoms with Gasteiger partial charge in [-0.3, -0.25) is 4.90 Å². The number of hydrogen-bond acceptors (Lipinski definition) is 5. The predicted octanol–water partition coefficient (Wildman–Crippen LogP) is 4.64. The molecule has 1 N–H and O–H groups in total. The van der Waals surface area contributed by atoms with E-state index in [1.54, 1.807) is 15.9 Å². The van der Waals surface area contributed by atoms with Crippen molar-refractivity contribution in [3.8, 4) is 5.88 Å². The summed E-state index contributed by atoms with van der Waals surface area (Å²) in [7, 11) is 0. The maximum Gasteiger partial charge on any atom is 0.230 e.